The van der Waals surface area contributed by atoms with E-state index in [1.807, 2.05) is 18.2 Å². The molecule has 0 aromatic heterocycles. The number of carbonyl (C=O) groups excluding carboxylic acids is 1. The topological polar surface area (TPSA) is 26.3 Å². The molecule has 2 nitrogen and oxygen atoms in total. The minimum Gasteiger partial charge on any atom is -0.469 e. The van der Waals surface area contributed by atoms with E-state index >= 15 is 0 Å². The molecule has 2 heteroatoms. The lowest BCUT2D eigenvalue weighted by molar-refractivity contribution is -0.144. The van der Waals surface area contributed by atoms with Crippen LogP contribution < -0.4 is 0 Å². The van der Waals surface area contributed by atoms with Crippen molar-refractivity contribution in [3.05, 3.63) is 35.9 Å². The van der Waals surface area contributed by atoms with Gasteiger partial charge in [0.05, 0.1) is 13.0 Å². The maximum absolute atomic E-state index is 12.2. The molecule has 0 N–H and O–H groups in total. The highest BCUT2D eigenvalue weighted by Gasteiger charge is 2.57. The SMILES string of the molecule is CCC[C@@H]1[C@H]2C[C@H](C(C(=O)OC)c3ccccc3)C[C@@H]12. The molecule has 0 amide bonds. The number of ether oxygens (including phenoxy) is 1. The zero-order valence-electron chi connectivity index (χ0n) is 12.4. The van der Waals surface area contributed by atoms with Gasteiger partial charge in [-0.25, -0.2) is 0 Å². The van der Waals surface area contributed by atoms with Crippen LogP contribution in [0.1, 0.15) is 44.1 Å². The van der Waals surface area contributed by atoms with Crippen LogP contribution in [0.3, 0.4) is 0 Å². The van der Waals surface area contributed by atoms with Gasteiger partial charge in [0, 0.05) is 0 Å². The van der Waals surface area contributed by atoms with Gasteiger partial charge in [-0.2, -0.15) is 0 Å². The average Bonchev–Trinajstić information content (AvgIpc) is 2.94. The molecule has 20 heavy (non-hydrogen) atoms. The Morgan fingerprint density at radius 3 is 2.45 bits per heavy atom. The third-order valence-electron chi connectivity index (χ3n) is 5.37. The highest BCUT2D eigenvalue weighted by atomic mass is 16.5. The summed E-state index contributed by atoms with van der Waals surface area (Å²) in [6.45, 7) is 2.27. The molecular formula is C18H24O2. The number of rotatable bonds is 5. The fourth-order valence-electron chi connectivity index (χ4n) is 4.44. The van der Waals surface area contributed by atoms with Crippen molar-refractivity contribution >= 4 is 5.97 Å². The number of hydrogen-bond donors (Lipinski definition) is 0. The van der Waals surface area contributed by atoms with Crippen molar-refractivity contribution in [2.45, 2.75) is 38.5 Å². The Balaban J connectivity index is 1.72. The van der Waals surface area contributed by atoms with Crippen LogP contribution in [0.15, 0.2) is 30.3 Å². The Morgan fingerprint density at radius 2 is 1.90 bits per heavy atom. The van der Waals surface area contributed by atoms with Gasteiger partial charge >= 0.3 is 5.97 Å². The first-order valence-corrected chi connectivity index (χ1v) is 7.89. The molecule has 2 aliphatic rings. The lowest BCUT2D eigenvalue weighted by Crippen LogP contribution is -2.23. The van der Waals surface area contributed by atoms with Crippen LogP contribution in [0, 0.1) is 23.7 Å². The molecule has 0 bridgehead atoms. The summed E-state index contributed by atoms with van der Waals surface area (Å²) in [4.78, 5) is 12.2. The highest BCUT2D eigenvalue weighted by molar-refractivity contribution is 5.78. The van der Waals surface area contributed by atoms with E-state index in [9.17, 15) is 4.79 Å². The standard InChI is InChI=1S/C18H24O2/c1-3-7-14-15-10-13(11-16(14)15)17(18(19)20-2)12-8-5-4-6-9-12/h4-6,8-9,13-17H,3,7,10-11H2,1-2H3/t13-,14+,15+,16-,17?. The molecule has 0 saturated heterocycles. The first-order chi connectivity index (χ1) is 9.76. The summed E-state index contributed by atoms with van der Waals surface area (Å²) in [6, 6.07) is 10.2. The molecule has 0 spiro atoms. The lowest BCUT2D eigenvalue weighted by Gasteiger charge is -2.24. The largest absolute Gasteiger partial charge is 0.469 e. The Hall–Kier alpha value is -1.31. The third kappa shape index (κ3) is 2.36. The zero-order chi connectivity index (χ0) is 14.1. The highest BCUT2D eigenvalue weighted by Crippen LogP contribution is 2.63. The van der Waals surface area contributed by atoms with Crippen molar-refractivity contribution in [3.63, 3.8) is 0 Å². The minimum atomic E-state index is -0.0606. The Kier molecular flexibility index (Phi) is 3.82. The molecular weight excluding hydrogens is 248 g/mol. The van der Waals surface area contributed by atoms with Gasteiger partial charge in [-0.05, 0) is 42.1 Å². The summed E-state index contributed by atoms with van der Waals surface area (Å²) in [7, 11) is 1.51. The second kappa shape index (κ2) is 5.59. The summed E-state index contributed by atoms with van der Waals surface area (Å²) in [6.07, 6.45) is 5.09. The predicted molar refractivity (Wildman–Crippen MR) is 79.3 cm³/mol. The summed E-state index contributed by atoms with van der Waals surface area (Å²) in [5.41, 5.74) is 1.12. The van der Waals surface area contributed by atoms with E-state index in [1.54, 1.807) is 0 Å². The van der Waals surface area contributed by atoms with Crippen LogP contribution in [0.2, 0.25) is 0 Å². The number of carbonyl (C=O) groups is 1. The number of fused-ring (bicyclic) bond motifs is 1. The van der Waals surface area contributed by atoms with Gasteiger partial charge in [0.2, 0.25) is 0 Å². The van der Waals surface area contributed by atoms with E-state index in [0.717, 1.165) is 23.3 Å². The van der Waals surface area contributed by atoms with Crippen molar-refractivity contribution in [1.82, 2.24) is 0 Å². The molecule has 0 heterocycles. The van der Waals surface area contributed by atoms with Crippen molar-refractivity contribution in [1.29, 1.82) is 0 Å². The Bertz CT molecular complexity index is 456. The molecule has 1 aromatic carbocycles. The summed E-state index contributed by atoms with van der Waals surface area (Å²) in [5, 5.41) is 0. The number of hydrogen-bond acceptors (Lipinski definition) is 2. The molecule has 2 saturated carbocycles. The lowest BCUT2D eigenvalue weighted by atomic mass is 9.81. The first-order valence-electron chi connectivity index (χ1n) is 7.89. The molecule has 2 aliphatic carbocycles. The van der Waals surface area contributed by atoms with Crippen LogP contribution in [0.4, 0.5) is 0 Å². The summed E-state index contributed by atoms with van der Waals surface area (Å²) >= 11 is 0. The van der Waals surface area contributed by atoms with Crippen LogP contribution in [0.5, 0.6) is 0 Å². The van der Waals surface area contributed by atoms with E-state index in [4.69, 9.17) is 4.74 Å². The monoisotopic (exact) mass is 272 g/mol. The van der Waals surface area contributed by atoms with E-state index in [0.29, 0.717) is 5.92 Å². The zero-order valence-corrected chi connectivity index (χ0v) is 12.4. The van der Waals surface area contributed by atoms with Gasteiger partial charge in [0.25, 0.3) is 0 Å². The predicted octanol–water partition coefficient (Wildman–Crippen LogP) is 4.02. The number of methoxy groups -OCH3 is 1. The van der Waals surface area contributed by atoms with Gasteiger partial charge in [-0.3, -0.25) is 4.79 Å². The normalized spacial score (nSPS) is 32.5. The van der Waals surface area contributed by atoms with Gasteiger partial charge in [-0.15, -0.1) is 0 Å². The Morgan fingerprint density at radius 1 is 1.25 bits per heavy atom. The molecule has 1 unspecified atom stereocenters. The van der Waals surface area contributed by atoms with Crippen LogP contribution in [-0.4, -0.2) is 13.1 Å². The maximum atomic E-state index is 12.2. The second-order valence-corrected chi connectivity index (χ2v) is 6.42. The molecule has 108 valence electrons. The van der Waals surface area contributed by atoms with Gasteiger partial charge in [0.15, 0.2) is 0 Å². The van der Waals surface area contributed by atoms with Crippen molar-refractivity contribution in [2.75, 3.05) is 7.11 Å². The minimum absolute atomic E-state index is 0.0590. The van der Waals surface area contributed by atoms with E-state index in [-0.39, 0.29) is 11.9 Å². The van der Waals surface area contributed by atoms with E-state index < -0.39 is 0 Å². The van der Waals surface area contributed by atoms with Gasteiger partial charge in [-0.1, -0.05) is 50.1 Å². The molecule has 1 aromatic rings. The smallest absolute Gasteiger partial charge is 0.313 e. The average molecular weight is 272 g/mol. The van der Waals surface area contributed by atoms with Crippen molar-refractivity contribution < 1.29 is 9.53 Å². The van der Waals surface area contributed by atoms with Crippen molar-refractivity contribution in [2.24, 2.45) is 23.7 Å². The second-order valence-electron chi connectivity index (χ2n) is 6.42. The van der Waals surface area contributed by atoms with Crippen LogP contribution >= 0.6 is 0 Å². The first kappa shape index (κ1) is 13.7. The molecule has 0 aliphatic heterocycles. The molecule has 0 radical (unpaired) electrons. The van der Waals surface area contributed by atoms with E-state index in [1.165, 1.54) is 32.8 Å². The summed E-state index contributed by atoms with van der Waals surface area (Å²) < 4.78 is 5.06. The van der Waals surface area contributed by atoms with Crippen LogP contribution in [0.25, 0.3) is 0 Å². The quantitative estimate of drug-likeness (QED) is 0.757. The number of esters is 1. The molecule has 2 fully saturated rings. The maximum Gasteiger partial charge on any atom is 0.313 e. The molecule has 3 rings (SSSR count). The summed E-state index contributed by atoms with van der Waals surface area (Å²) in [5.74, 6) is 3.08. The van der Waals surface area contributed by atoms with Gasteiger partial charge < -0.3 is 4.74 Å². The third-order valence-corrected chi connectivity index (χ3v) is 5.37. The fraction of sp³-hybridized carbons (Fsp3) is 0.611. The van der Waals surface area contributed by atoms with Crippen LogP contribution in [-0.2, 0) is 9.53 Å². The fourth-order valence-corrected chi connectivity index (χ4v) is 4.44. The Labute approximate surface area is 121 Å². The number of benzene rings is 1. The van der Waals surface area contributed by atoms with E-state index in [2.05, 4.69) is 19.1 Å². The molecule has 5 atom stereocenters. The van der Waals surface area contributed by atoms with Gasteiger partial charge in [0.1, 0.15) is 0 Å². The van der Waals surface area contributed by atoms with Crippen molar-refractivity contribution in [3.8, 4) is 0 Å².